The fraction of sp³-hybridized carbons (Fsp3) is 0.143. The number of halogens is 1. The van der Waals surface area contributed by atoms with Crippen molar-refractivity contribution in [2.75, 3.05) is 13.7 Å². The number of rotatable bonds is 8. The molecule has 0 atom stereocenters. The number of amides is 2. The van der Waals surface area contributed by atoms with Gasteiger partial charge in [0.25, 0.3) is 16.8 Å². The topological polar surface area (TPSA) is 99.0 Å². The molecule has 1 heterocycles. The van der Waals surface area contributed by atoms with Gasteiger partial charge in [-0.1, -0.05) is 22.0 Å². The molecule has 1 aliphatic heterocycles. The Labute approximate surface area is 190 Å². The lowest BCUT2D eigenvalue weighted by atomic mass is 10.1. The monoisotopic (exact) mass is 504 g/mol. The molecule has 1 fully saturated rings. The van der Waals surface area contributed by atoms with Crippen LogP contribution in [0.2, 0.25) is 0 Å². The molecule has 0 aromatic heterocycles. The van der Waals surface area contributed by atoms with E-state index in [0.717, 1.165) is 22.2 Å². The number of non-ortho nitro benzene ring substituents is 1. The van der Waals surface area contributed by atoms with Gasteiger partial charge in [0.1, 0.15) is 6.61 Å². The molecule has 8 nitrogen and oxygen atoms in total. The molecule has 2 aromatic carbocycles. The summed E-state index contributed by atoms with van der Waals surface area (Å²) in [6.45, 7) is 3.89. The van der Waals surface area contributed by atoms with Gasteiger partial charge in [-0.15, -0.1) is 6.58 Å². The first kappa shape index (κ1) is 22.6. The third kappa shape index (κ3) is 5.15. The molecule has 3 rings (SSSR count). The second-order valence-electron chi connectivity index (χ2n) is 6.32. The van der Waals surface area contributed by atoms with Crippen LogP contribution in [0.25, 0.3) is 6.08 Å². The van der Waals surface area contributed by atoms with Crippen molar-refractivity contribution >= 4 is 50.6 Å². The largest absolute Gasteiger partial charge is 0.493 e. The lowest BCUT2D eigenvalue weighted by molar-refractivity contribution is -0.384. The summed E-state index contributed by atoms with van der Waals surface area (Å²) in [6, 6.07) is 9.45. The molecule has 0 spiro atoms. The van der Waals surface area contributed by atoms with Crippen LogP contribution in [0.5, 0.6) is 11.5 Å². The standard InChI is InChI=1S/C21H17BrN2O6S/c1-3-8-23-20(25)19(31-21(23)26)10-14-9-17(29-2)18(11-16(14)22)30-12-13-4-6-15(7-5-13)24(27)28/h3-7,9-11H,1,8,12H2,2H3/b19-10+. The average molecular weight is 505 g/mol. The van der Waals surface area contributed by atoms with Gasteiger partial charge in [-0.05, 0) is 53.2 Å². The van der Waals surface area contributed by atoms with Crippen molar-refractivity contribution in [3.05, 3.63) is 79.7 Å². The zero-order chi connectivity index (χ0) is 22.5. The van der Waals surface area contributed by atoms with Crippen molar-refractivity contribution in [3.8, 4) is 11.5 Å². The molecule has 2 aromatic rings. The summed E-state index contributed by atoms with van der Waals surface area (Å²) in [7, 11) is 1.49. The van der Waals surface area contributed by atoms with E-state index in [1.54, 1.807) is 30.3 Å². The summed E-state index contributed by atoms with van der Waals surface area (Å²) in [4.78, 5) is 36.1. The molecule has 10 heteroatoms. The summed E-state index contributed by atoms with van der Waals surface area (Å²) >= 11 is 4.32. The van der Waals surface area contributed by atoms with E-state index in [4.69, 9.17) is 9.47 Å². The molecule has 2 amide bonds. The highest BCUT2D eigenvalue weighted by Crippen LogP contribution is 2.38. The minimum absolute atomic E-state index is 0.00549. The van der Waals surface area contributed by atoms with Crippen LogP contribution in [0, 0.1) is 10.1 Å². The number of nitro benzene ring substituents is 1. The number of thioether (sulfide) groups is 1. The SMILES string of the molecule is C=CCN1C(=O)S/C(=C/c2cc(OC)c(OCc3ccc([N+](=O)[O-])cc3)cc2Br)C1=O. The summed E-state index contributed by atoms with van der Waals surface area (Å²) in [5, 5.41) is 10.4. The van der Waals surface area contributed by atoms with Crippen LogP contribution in [0.1, 0.15) is 11.1 Å². The van der Waals surface area contributed by atoms with Gasteiger partial charge in [0.2, 0.25) is 0 Å². The highest BCUT2D eigenvalue weighted by atomic mass is 79.9. The van der Waals surface area contributed by atoms with Gasteiger partial charge in [0.15, 0.2) is 11.5 Å². The molecule has 1 aliphatic rings. The third-order valence-electron chi connectivity index (χ3n) is 4.30. The Morgan fingerprint density at radius 1 is 1.23 bits per heavy atom. The van der Waals surface area contributed by atoms with E-state index in [2.05, 4.69) is 22.5 Å². The Bertz CT molecular complexity index is 1080. The molecule has 0 aliphatic carbocycles. The van der Waals surface area contributed by atoms with Crippen LogP contribution < -0.4 is 9.47 Å². The Balaban J connectivity index is 1.80. The zero-order valence-electron chi connectivity index (χ0n) is 16.4. The molecule has 31 heavy (non-hydrogen) atoms. The fourth-order valence-electron chi connectivity index (χ4n) is 2.74. The summed E-state index contributed by atoms with van der Waals surface area (Å²) in [6.07, 6.45) is 3.11. The Morgan fingerprint density at radius 3 is 2.55 bits per heavy atom. The lowest BCUT2D eigenvalue weighted by Gasteiger charge is -2.13. The Morgan fingerprint density at radius 2 is 1.94 bits per heavy atom. The number of hydrogen-bond donors (Lipinski definition) is 0. The first-order chi connectivity index (χ1) is 14.8. The number of nitrogens with zero attached hydrogens (tertiary/aromatic N) is 2. The van der Waals surface area contributed by atoms with E-state index in [1.807, 2.05) is 0 Å². The van der Waals surface area contributed by atoms with Crippen LogP contribution in [-0.2, 0) is 11.4 Å². The molecular weight excluding hydrogens is 488 g/mol. The summed E-state index contributed by atoms with van der Waals surface area (Å²) in [5.41, 5.74) is 1.40. The molecule has 1 saturated heterocycles. The molecule has 0 N–H and O–H groups in total. The molecule has 0 saturated carbocycles. The van der Waals surface area contributed by atoms with Crippen molar-refractivity contribution in [3.63, 3.8) is 0 Å². The van der Waals surface area contributed by atoms with Crippen LogP contribution in [0.4, 0.5) is 10.5 Å². The maximum atomic E-state index is 12.4. The normalized spacial score (nSPS) is 14.8. The average Bonchev–Trinajstić information content (AvgIpc) is 3.01. The van der Waals surface area contributed by atoms with E-state index >= 15 is 0 Å². The zero-order valence-corrected chi connectivity index (χ0v) is 18.8. The van der Waals surface area contributed by atoms with Crippen molar-refractivity contribution < 1.29 is 24.0 Å². The molecular formula is C21H17BrN2O6S. The van der Waals surface area contributed by atoms with Gasteiger partial charge in [0.05, 0.1) is 16.9 Å². The maximum Gasteiger partial charge on any atom is 0.293 e. The van der Waals surface area contributed by atoms with E-state index < -0.39 is 4.92 Å². The van der Waals surface area contributed by atoms with Gasteiger partial charge < -0.3 is 9.47 Å². The van der Waals surface area contributed by atoms with Crippen molar-refractivity contribution in [1.29, 1.82) is 0 Å². The summed E-state index contributed by atoms with van der Waals surface area (Å²) < 4.78 is 11.9. The second-order valence-corrected chi connectivity index (χ2v) is 8.17. The highest BCUT2D eigenvalue weighted by molar-refractivity contribution is 9.10. The fourth-order valence-corrected chi connectivity index (χ4v) is 4.01. The number of carbonyl (C=O) groups excluding carboxylic acids is 2. The predicted molar refractivity (Wildman–Crippen MR) is 121 cm³/mol. The number of carbonyl (C=O) groups is 2. The lowest BCUT2D eigenvalue weighted by Crippen LogP contribution is -2.27. The van der Waals surface area contributed by atoms with Crippen molar-refractivity contribution in [1.82, 2.24) is 4.90 Å². The van der Waals surface area contributed by atoms with E-state index in [0.29, 0.717) is 26.4 Å². The van der Waals surface area contributed by atoms with E-state index in [-0.39, 0.29) is 30.0 Å². The van der Waals surface area contributed by atoms with Crippen LogP contribution in [0.15, 0.2) is 58.4 Å². The number of benzene rings is 2. The number of methoxy groups -OCH3 is 1. The van der Waals surface area contributed by atoms with Gasteiger partial charge in [0, 0.05) is 23.2 Å². The molecule has 0 bridgehead atoms. The maximum absolute atomic E-state index is 12.4. The second kappa shape index (κ2) is 9.80. The minimum atomic E-state index is -0.463. The highest BCUT2D eigenvalue weighted by Gasteiger charge is 2.34. The van der Waals surface area contributed by atoms with E-state index in [9.17, 15) is 19.7 Å². The van der Waals surface area contributed by atoms with Crippen LogP contribution in [-0.4, -0.2) is 34.6 Å². The predicted octanol–water partition coefficient (Wildman–Crippen LogP) is 5.17. The molecule has 0 unspecified atom stereocenters. The van der Waals surface area contributed by atoms with Crippen molar-refractivity contribution in [2.24, 2.45) is 0 Å². The van der Waals surface area contributed by atoms with Gasteiger partial charge in [-0.25, -0.2) is 0 Å². The Hall–Kier alpha value is -3.11. The molecule has 160 valence electrons. The van der Waals surface area contributed by atoms with Crippen LogP contribution in [0.3, 0.4) is 0 Å². The Kier molecular flexibility index (Phi) is 7.13. The number of ether oxygens (including phenoxy) is 2. The smallest absolute Gasteiger partial charge is 0.293 e. The third-order valence-corrected chi connectivity index (χ3v) is 5.89. The van der Waals surface area contributed by atoms with Gasteiger partial charge in [-0.2, -0.15) is 0 Å². The number of hydrogen-bond acceptors (Lipinski definition) is 7. The van der Waals surface area contributed by atoms with Crippen LogP contribution >= 0.6 is 27.7 Å². The first-order valence-electron chi connectivity index (χ1n) is 8.94. The molecule has 0 radical (unpaired) electrons. The van der Waals surface area contributed by atoms with E-state index in [1.165, 1.54) is 25.3 Å². The minimum Gasteiger partial charge on any atom is -0.493 e. The van der Waals surface area contributed by atoms with Gasteiger partial charge in [-0.3, -0.25) is 24.6 Å². The number of imide groups is 1. The summed E-state index contributed by atoms with van der Waals surface area (Å²) in [5.74, 6) is 0.505. The van der Waals surface area contributed by atoms with Gasteiger partial charge >= 0.3 is 0 Å². The number of nitro groups is 1. The quantitative estimate of drug-likeness (QED) is 0.211. The van der Waals surface area contributed by atoms with Crippen molar-refractivity contribution in [2.45, 2.75) is 6.61 Å². The first-order valence-corrected chi connectivity index (χ1v) is 10.5.